The smallest absolute Gasteiger partial charge is 0.349 e. The van der Waals surface area contributed by atoms with Crippen LogP contribution in [-0.2, 0) is 14.8 Å². The van der Waals surface area contributed by atoms with Gasteiger partial charge in [-0.2, -0.15) is 0 Å². The number of halogens is 1. The number of esters is 1. The lowest BCUT2D eigenvalue weighted by Crippen LogP contribution is -2.17. The molecule has 1 aromatic heterocycles. The molecule has 0 spiro atoms. The van der Waals surface area contributed by atoms with E-state index in [0.717, 1.165) is 16.9 Å². The summed E-state index contributed by atoms with van der Waals surface area (Å²) in [7, 11) is -4.23. The number of hydrogen-bond donors (Lipinski definition) is 1. The van der Waals surface area contributed by atoms with Crippen molar-refractivity contribution in [2.24, 2.45) is 0 Å². The van der Waals surface area contributed by atoms with Gasteiger partial charge in [0.05, 0.1) is 12.3 Å². The Labute approximate surface area is 160 Å². The van der Waals surface area contributed by atoms with Crippen LogP contribution in [0.1, 0.15) is 27.7 Å². The average molecular weight is 407 g/mol. The Balaban J connectivity index is 2.23. The zero-order valence-electron chi connectivity index (χ0n) is 15.0. The van der Waals surface area contributed by atoms with E-state index in [2.05, 4.69) is 4.72 Å². The molecule has 5 nitrogen and oxygen atoms in total. The van der Waals surface area contributed by atoms with Crippen LogP contribution in [0, 0.1) is 19.7 Å². The highest BCUT2D eigenvalue weighted by Crippen LogP contribution is 2.38. The minimum absolute atomic E-state index is 0.0828. The van der Waals surface area contributed by atoms with E-state index < -0.39 is 21.8 Å². The number of fused-ring (bicyclic) bond motifs is 1. The van der Waals surface area contributed by atoms with Gasteiger partial charge in [-0.15, -0.1) is 11.3 Å². The summed E-state index contributed by atoms with van der Waals surface area (Å²) in [5, 5.41) is -0.108. The first-order valence-electron chi connectivity index (χ1n) is 8.22. The third kappa shape index (κ3) is 3.68. The van der Waals surface area contributed by atoms with Crippen molar-refractivity contribution >= 4 is 43.1 Å². The van der Waals surface area contributed by atoms with Gasteiger partial charge in [0.2, 0.25) is 0 Å². The average Bonchev–Trinajstić information content (AvgIpc) is 3.00. The third-order valence-electron chi connectivity index (χ3n) is 3.99. The Hall–Kier alpha value is -2.45. The molecule has 27 heavy (non-hydrogen) atoms. The van der Waals surface area contributed by atoms with Gasteiger partial charge in [-0.05, 0) is 50.1 Å². The van der Waals surface area contributed by atoms with Gasteiger partial charge in [0, 0.05) is 10.1 Å². The molecule has 3 aromatic rings. The second-order valence-electron chi connectivity index (χ2n) is 6.02. The number of anilines is 1. The van der Waals surface area contributed by atoms with E-state index in [4.69, 9.17) is 4.74 Å². The maximum atomic E-state index is 14.5. The van der Waals surface area contributed by atoms with Crippen LogP contribution in [0.3, 0.4) is 0 Å². The fourth-order valence-corrected chi connectivity index (χ4v) is 5.65. The lowest BCUT2D eigenvalue weighted by molar-refractivity contribution is 0.0528. The summed E-state index contributed by atoms with van der Waals surface area (Å²) < 4.78 is 48.6. The summed E-state index contributed by atoms with van der Waals surface area (Å²) in [4.78, 5) is 11.8. The summed E-state index contributed by atoms with van der Waals surface area (Å²) in [6, 6.07) is 9.53. The molecule has 0 aliphatic rings. The topological polar surface area (TPSA) is 72.5 Å². The van der Waals surface area contributed by atoms with E-state index in [1.807, 2.05) is 13.0 Å². The molecule has 0 bridgehead atoms. The van der Waals surface area contributed by atoms with Crippen molar-refractivity contribution in [1.82, 2.24) is 0 Å². The Bertz CT molecular complexity index is 1140. The van der Waals surface area contributed by atoms with Gasteiger partial charge in [0.1, 0.15) is 15.6 Å². The summed E-state index contributed by atoms with van der Waals surface area (Å²) in [5.41, 5.74) is 1.95. The molecule has 0 amide bonds. The van der Waals surface area contributed by atoms with Crippen LogP contribution in [0.2, 0.25) is 0 Å². The molecular formula is C19H18FNO4S2. The van der Waals surface area contributed by atoms with Crippen LogP contribution < -0.4 is 4.72 Å². The van der Waals surface area contributed by atoms with Crippen molar-refractivity contribution in [2.45, 2.75) is 25.7 Å². The maximum absolute atomic E-state index is 14.5. The Morgan fingerprint density at radius 3 is 2.67 bits per heavy atom. The molecule has 3 rings (SSSR count). The molecule has 0 aliphatic carbocycles. The minimum atomic E-state index is -4.23. The fourth-order valence-electron chi connectivity index (χ4n) is 2.71. The van der Waals surface area contributed by atoms with Crippen molar-refractivity contribution in [3.63, 3.8) is 0 Å². The molecular weight excluding hydrogens is 389 g/mol. The lowest BCUT2D eigenvalue weighted by atomic mass is 10.1. The lowest BCUT2D eigenvalue weighted by Gasteiger charge is -2.12. The monoisotopic (exact) mass is 407 g/mol. The molecule has 0 saturated heterocycles. The summed E-state index contributed by atoms with van der Waals surface area (Å²) in [6.07, 6.45) is 0. The standard InChI is InChI=1S/C19H18FNO4S2/c1-4-25-19(22)17-18(16-13(20)6-5-7-15(16)26-17)27(23,24)21-14-10-11(2)8-9-12(14)3/h5-10,21H,4H2,1-3H3. The van der Waals surface area contributed by atoms with Gasteiger partial charge in [-0.1, -0.05) is 18.2 Å². The van der Waals surface area contributed by atoms with Crippen LogP contribution >= 0.6 is 11.3 Å². The first-order valence-corrected chi connectivity index (χ1v) is 10.5. The molecule has 0 fully saturated rings. The van der Waals surface area contributed by atoms with Crippen molar-refractivity contribution in [1.29, 1.82) is 0 Å². The summed E-state index contributed by atoms with van der Waals surface area (Å²) >= 11 is 0.897. The van der Waals surface area contributed by atoms with E-state index in [1.165, 1.54) is 12.1 Å². The van der Waals surface area contributed by atoms with Crippen molar-refractivity contribution < 1.29 is 22.3 Å². The molecule has 142 valence electrons. The number of thiophene rings is 1. The fraction of sp³-hybridized carbons (Fsp3) is 0.211. The van der Waals surface area contributed by atoms with Crippen LogP contribution in [0.4, 0.5) is 10.1 Å². The maximum Gasteiger partial charge on any atom is 0.349 e. The second kappa shape index (κ2) is 7.28. The predicted octanol–water partition coefficient (Wildman–Crippen LogP) is 4.63. The first-order chi connectivity index (χ1) is 12.7. The van der Waals surface area contributed by atoms with E-state index >= 15 is 0 Å². The normalized spacial score (nSPS) is 11.6. The van der Waals surface area contributed by atoms with E-state index in [1.54, 1.807) is 32.0 Å². The molecule has 0 unspecified atom stereocenters. The van der Waals surface area contributed by atoms with E-state index in [-0.39, 0.29) is 21.8 Å². The van der Waals surface area contributed by atoms with Gasteiger partial charge >= 0.3 is 5.97 Å². The number of sulfonamides is 1. The van der Waals surface area contributed by atoms with Gasteiger partial charge in [0.25, 0.3) is 10.0 Å². The number of hydrogen-bond acceptors (Lipinski definition) is 5. The zero-order valence-corrected chi connectivity index (χ0v) is 16.6. The van der Waals surface area contributed by atoms with Crippen molar-refractivity contribution in [3.8, 4) is 0 Å². The Morgan fingerprint density at radius 1 is 1.22 bits per heavy atom. The number of nitrogens with one attached hydrogen (secondary N) is 1. The van der Waals surface area contributed by atoms with Gasteiger partial charge in [-0.25, -0.2) is 17.6 Å². The largest absolute Gasteiger partial charge is 0.462 e. The number of carbonyl (C=O) groups is 1. The molecule has 1 N–H and O–H groups in total. The Kier molecular flexibility index (Phi) is 5.21. The SMILES string of the molecule is CCOC(=O)c1sc2cccc(F)c2c1S(=O)(=O)Nc1cc(C)ccc1C. The number of aryl methyl sites for hydroxylation is 2. The highest BCUT2D eigenvalue weighted by molar-refractivity contribution is 7.93. The molecule has 0 radical (unpaired) electrons. The number of rotatable bonds is 5. The van der Waals surface area contributed by atoms with Gasteiger partial charge < -0.3 is 4.74 Å². The van der Waals surface area contributed by atoms with Crippen LogP contribution in [0.25, 0.3) is 10.1 Å². The van der Waals surface area contributed by atoms with E-state index in [9.17, 15) is 17.6 Å². The highest BCUT2D eigenvalue weighted by atomic mass is 32.2. The molecule has 1 heterocycles. The summed E-state index contributed by atoms with van der Waals surface area (Å²) in [5.74, 6) is -1.50. The minimum Gasteiger partial charge on any atom is -0.462 e. The number of carbonyl (C=O) groups excluding carboxylic acids is 1. The van der Waals surface area contributed by atoms with Crippen LogP contribution in [0.15, 0.2) is 41.3 Å². The first kappa shape index (κ1) is 19.3. The third-order valence-corrected chi connectivity index (χ3v) is 6.69. The molecule has 0 atom stereocenters. The molecule has 0 saturated carbocycles. The van der Waals surface area contributed by atoms with Gasteiger partial charge in [0.15, 0.2) is 0 Å². The predicted molar refractivity (Wildman–Crippen MR) is 104 cm³/mol. The van der Waals surface area contributed by atoms with Crippen LogP contribution in [-0.4, -0.2) is 21.0 Å². The van der Waals surface area contributed by atoms with Crippen molar-refractivity contribution in [3.05, 3.63) is 58.2 Å². The van der Waals surface area contributed by atoms with Crippen molar-refractivity contribution in [2.75, 3.05) is 11.3 Å². The molecule has 2 aromatic carbocycles. The zero-order chi connectivity index (χ0) is 19.8. The number of ether oxygens (including phenoxy) is 1. The summed E-state index contributed by atoms with van der Waals surface area (Å²) in [6.45, 7) is 5.30. The van der Waals surface area contributed by atoms with E-state index in [0.29, 0.717) is 16.0 Å². The number of benzene rings is 2. The van der Waals surface area contributed by atoms with Gasteiger partial charge in [-0.3, -0.25) is 4.72 Å². The Morgan fingerprint density at radius 2 is 1.96 bits per heavy atom. The second-order valence-corrected chi connectivity index (χ2v) is 8.69. The quantitative estimate of drug-likeness (QED) is 0.626. The molecule has 8 heteroatoms. The highest BCUT2D eigenvalue weighted by Gasteiger charge is 2.31. The van der Waals surface area contributed by atoms with Crippen LogP contribution in [0.5, 0.6) is 0 Å². The molecule has 0 aliphatic heterocycles.